The third-order valence-electron chi connectivity index (χ3n) is 6.10. The van der Waals surface area contributed by atoms with Gasteiger partial charge in [0.2, 0.25) is 0 Å². The predicted octanol–water partition coefficient (Wildman–Crippen LogP) is 7.72. The van der Waals surface area contributed by atoms with Crippen molar-refractivity contribution in [3.8, 4) is 5.75 Å². The van der Waals surface area contributed by atoms with Crippen LogP contribution in [0.3, 0.4) is 0 Å². The van der Waals surface area contributed by atoms with Crippen LogP contribution in [0.25, 0.3) is 0 Å². The summed E-state index contributed by atoms with van der Waals surface area (Å²) in [6.45, 7) is 14.4. The van der Waals surface area contributed by atoms with Crippen molar-refractivity contribution in [1.29, 1.82) is 0 Å². The third-order valence-corrected chi connectivity index (χ3v) is 6.64. The molecule has 1 heterocycles. The maximum Gasteiger partial charge on any atom is 0.490 e. The van der Waals surface area contributed by atoms with Gasteiger partial charge in [0.05, 0.1) is 6.61 Å². The first-order valence-electron chi connectivity index (χ1n) is 14.5. The van der Waals surface area contributed by atoms with Gasteiger partial charge in [-0.15, -0.1) is 0 Å². The molecule has 0 saturated carbocycles. The van der Waals surface area contributed by atoms with E-state index in [1.807, 2.05) is 42.7 Å². The summed E-state index contributed by atoms with van der Waals surface area (Å²) in [6.07, 6.45) is -2.32. The van der Waals surface area contributed by atoms with Crippen molar-refractivity contribution >= 4 is 28.2 Å². The van der Waals surface area contributed by atoms with Gasteiger partial charge in [-0.25, -0.2) is 20.9 Å². The van der Waals surface area contributed by atoms with Gasteiger partial charge in [0.1, 0.15) is 0 Å². The Kier molecular flexibility index (Phi) is 18.2. The van der Waals surface area contributed by atoms with Crippen LogP contribution < -0.4 is 9.64 Å². The number of hydrogen-bond donors (Lipinski definition) is 2. The van der Waals surface area contributed by atoms with Gasteiger partial charge in [0.15, 0.2) is 0 Å². The number of esters is 1. The number of aliphatic carboxylic acids is 2. The topological polar surface area (TPSA) is 113 Å². The minimum absolute atomic E-state index is 0.234. The Morgan fingerprint density at radius 2 is 1.42 bits per heavy atom. The van der Waals surface area contributed by atoms with Crippen molar-refractivity contribution < 1.29 is 91.4 Å². The number of carboxylic acid groups (broad SMARTS) is 2. The number of carbonyl (C=O) groups is 3. The molecule has 0 radical (unpaired) electrons. The molecule has 2 N–H and O–H groups in total. The Morgan fingerprint density at radius 3 is 1.80 bits per heavy atom. The largest absolute Gasteiger partial charge is 0.522 e. The summed E-state index contributed by atoms with van der Waals surface area (Å²) in [7, 11) is 0. The van der Waals surface area contributed by atoms with E-state index in [1.54, 1.807) is 0 Å². The molecular formula is C32H37F9NO7Ru. The molecule has 50 heavy (non-hydrogen) atoms. The zero-order valence-corrected chi connectivity index (χ0v) is 29.4. The van der Waals surface area contributed by atoms with Crippen LogP contribution in [0, 0.1) is 27.3 Å². The number of rotatable bonds is 9. The maximum atomic E-state index is 12.7. The number of halogens is 9. The van der Waals surface area contributed by atoms with E-state index in [9.17, 15) is 49.1 Å². The van der Waals surface area contributed by atoms with Crippen LogP contribution in [0.1, 0.15) is 55.9 Å². The number of anilines is 1. The Morgan fingerprint density at radius 1 is 0.920 bits per heavy atom. The number of benzene rings is 2. The second-order valence-electron chi connectivity index (χ2n) is 10.6. The van der Waals surface area contributed by atoms with Gasteiger partial charge in [-0.2, -0.15) is 45.9 Å². The molecule has 2 aromatic rings. The van der Waals surface area contributed by atoms with Crippen molar-refractivity contribution in [1.82, 2.24) is 0 Å². The number of para-hydroxylation sites is 1. The van der Waals surface area contributed by atoms with Crippen molar-refractivity contribution in [3.05, 3.63) is 65.2 Å². The van der Waals surface area contributed by atoms with E-state index in [1.165, 1.54) is 41.8 Å². The van der Waals surface area contributed by atoms with Crippen molar-refractivity contribution in [2.75, 3.05) is 18.1 Å². The Labute approximate surface area is 292 Å². The van der Waals surface area contributed by atoms with Crippen molar-refractivity contribution in [3.63, 3.8) is 0 Å². The van der Waals surface area contributed by atoms with Crippen molar-refractivity contribution in [2.24, 2.45) is 0 Å². The number of carbonyl (C=O) groups excluding carboxylic acids is 1. The second kappa shape index (κ2) is 19.6. The minimum atomic E-state index is -6.40. The first-order chi connectivity index (χ1) is 22.8. The van der Waals surface area contributed by atoms with Gasteiger partial charge in [0, 0.05) is 5.69 Å². The molecule has 18 heteroatoms. The number of ether oxygens (including phenoxy) is 2. The Bertz CT molecular complexity index is 1420. The fourth-order valence-electron chi connectivity index (χ4n) is 4.04. The normalized spacial score (nSPS) is 13.1. The van der Waals surface area contributed by atoms with Crippen LogP contribution in [0.5, 0.6) is 5.75 Å². The monoisotopic (exact) mass is 820 g/mol. The van der Waals surface area contributed by atoms with Crippen molar-refractivity contribution in [2.45, 2.75) is 84.4 Å². The molecule has 0 atom stereocenters. The molecule has 0 aromatic heterocycles. The standard InChI is InChI=1S/C13H18N.C10H12O.C7H6F6O4.C2HF3O2.Ru/c1-10-8-11(2)13(12(3)9-10)14-6-4-5-7-14;1-8(2)11-10-7-5-4-6-9(10)3;1-2-17-4(16)6(10,11)7(12,13)5(8,9)3(14)15;3-2(4,5)1(6)7;/h6,8-9H,4-5,7H2,1-3H3;3-8H,1-2H3;2H2,1H3,(H,14,15);(H,6,7);/q-1;;;;+1. The van der Waals surface area contributed by atoms with E-state index < -0.39 is 48.5 Å². The van der Waals surface area contributed by atoms with Crippen LogP contribution in [0.4, 0.5) is 45.2 Å². The van der Waals surface area contributed by atoms with Gasteiger partial charge in [-0.1, -0.05) is 24.1 Å². The molecule has 1 aliphatic heterocycles. The predicted molar refractivity (Wildman–Crippen MR) is 162 cm³/mol. The van der Waals surface area contributed by atoms with Crippen LogP contribution in [0.15, 0.2) is 36.4 Å². The zero-order chi connectivity index (χ0) is 39.3. The molecule has 283 valence electrons. The summed E-state index contributed by atoms with van der Waals surface area (Å²) in [5.41, 5.74) is 6.72. The molecule has 0 unspecified atom stereocenters. The molecule has 0 spiro atoms. The van der Waals surface area contributed by atoms with E-state index in [4.69, 9.17) is 19.7 Å². The van der Waals surface area contributed by atoms with Gasteiger partial charge in [-0.3, -0.25) is 0 Å². The van der Waals surface area contributed by atoms with Crippen LogP contribution >= 0.6 is 0 Å². The zero-order valence-electron chi connectivity index (χ0n) is 27.7. The fraction of sp³-hybridized carbons (Fsp3) is 0.469. The molecule has 2 aromatic carbocycles. The molecule has 0 amide bonds. The van der Waals surface area contributed by atoms with E-state index in [-0.39, 0.29) is 6.10 Å². The van der Waals surface area contributed by atoms with Gasteiger partial charge >= 0.3 is 125 Å². The SMILES string of the molecule is CC(C)Oc1ccccc1[CH]=[Ru+].CCOC(=O)C(F)(F)C(F)(F)C(F)(F)C(=O)O.Cc1cc(C)c(N2[CH-]CCC2)c(C)c1.O=C(O)C(F)(F)F. The Balaban J connectivity index is 0.000000665. The average molecular weight is 820 g/mol. The number of alkyl halides is 9. The fourth-order valence-corrected chi connectivity index (χ4v) is 4.45. The first kappa shape index (κ1) is 46.3. The van der Waals surface area contributed by atoms with Gasteiger partial charge in [0.25, 0.3) is 0 Å². The first-order valence-corrected chi connectivity index (χ1v) is 15.5. The number of hydrogen-bond acceptors (Lipinski definition) is 6. The summed E-state index contributed by atoms with van der Waals surface area (Å²) in [4.78, 5) is 31.5. The third kappa shape index (κ3) is 13.2. The number of carboxylic acids is 2. The van der Waals surface area contributed by atoms with Gasteiger partial charge in [-0.05, 0) is 45.4 Å². The van der Waals surface area contributed by atoms with E-state index in [0.29, 0.717) is 0 Å². The van der Waals surface area contributed by atoms with Crippen LogP contribution in [-0.4, -0.2) is 75.9 Å². The molecule has 3 rings (SSSR count). The minimum Gasteiger partial charge on any atom is -0.522 e. The van der Waals surface area contributed by atoms with E-state index in [2.05, 4.69) is 66.9 Å². The molecule has 1 fully saturated rings. The molecule has 0 aliphatic carbocycles. The molecule has 0 bridgehead atoms. The summed E-state index contributed by atoms with van der Waals surface area (Å²) < 4.78 is 118. The Hall–Kier alpha value is -3.69. The van der Waals surface area contributed by atoms with E-state index in [0.717, 1.165) is 18.2 Å². The summed E-state index contributed by atoms with van der Waals surface area (Å²) >= 11 is 2.49. The van der Waals surface area contributed by atoms with Gasteiger partial charge < -0.3 is 19.8 Å². The molecular weight excluding hydrogens is 782 g/mol. The summed E-state index contributed by atoms with van der Waals surface area (Å²) in [6, 6.07) is 12.6. The number of nitrogens with zero attached hydrogens (tertiary/aromatic N) is 1. The summed E-state index contributed by atoms with van der Waals surface area (Å²) in [5, 5.41) is 14.9. The second-order valence-corrected chi connectivity index (χ2v) is 11.1. The van der Waals surface area contributed by atoms with Crippen LogP contribution in [-0.2, 0) is 37.0 Å². The average Bonchev–Trinajstić information content (AvgIpc) is 3.51. The maximum absolute atomic E-state index is 12.7. The van der Waals surface area contributed by atoms with E-state index >= 15 is 0 Å². The smallest absolute Gasteiger partial charge is 0.490 e. The molecule has 8 nitrogen and oxygen atoms in total. The number of aryl methyl sites for hydroxylation is 3. The molecule has 1 aliphatic rings. The molecule has 1 saturated heterocycles. The quantitative estimate of drug-likeness (QED) is 0.115. The van der Waals surface area contributed by atoms with Crippen LogP contribution in [0.2, 0.25) is 0 Å². The summed E-state index contributed by atoms with van der Waals surface area (Å²) in [5.74, 6) is -26.7.